The second-order valence-electron chi connectivity index (χ2n) is 3.40. The van der Waals surface area contributed by atoms with Gasteiger partial charge in [0.25, 0.3) is 0 Å². The Morgan fingerprint density at radius 3 is 2.00 bits per heavy atom. The van der Waals surface area contributed by atoms with E-state index >= 15 is 0 Å². The van der Waals surface area contributed by atoms with E-state index in [4.69, 9.17) is 5.11 Å². The molecule has 0 heterocycles. The molecule has 3 saturated carbocycles. The smallest absolute Gasteiger partial charge is 0.0470 e. The SMILES string of the molecule is OCC1C23CC12C3. The molecule has 38 valence electrons. The summed E-state index contributed by atoms with van der Waals surface area (Å²) in [6.07, 6.45) is 2.93. The summed E-state index contributed by atoms with van der Waals surface area (Å²) in [5, 5.41) is 8.60. The highest BCUT2D eigenvalue weighted by Gasteiger charge is 3.04. The second-order valence-corrected chi connectivity index (χ2v) is 3.40. The molecule has 0 amide bonds. The fourth-order valence-electron chi connectivity index (χ4n) is 2.41. The number of hydrogen-bond acceptors (Lipinski definition) is 1. The van der Waals surface area contributed by atoms with E-state index in [1.54, 1.807) is 0 Å². The van der Waals surface area contributed by atoms with Crippen LogP contribution < -0.4 is 0 Å². The van der Waals surface area contributed by atoms with Gasteiger partial charge in [-0.1, -0.05) is 0 Å². The van der Waals surface area contributed by atoms with Crippen molar-refractivity contribution in [1.29, 1.82) is 0 Å². The lowest BCUT2D eigenvalue weighted by Gasteiger charge is -2.17. The molecule has 0 aromatic heterocycles. The molecule has 1 heteroatoms. The Balaban J connectivity index is 1.96. The molecular weight excluding hydrogens is 88.1 g/mol. The summed E-state index contributed by atoms with van der Waals surface area (Å²) in [5.41, 5.74) is 1.56. The minimum absolute atomic E-state index is 0.472. The van der Waals surface area contributed by atoms with Crippen LogP contribution in [0.15, 0.2) is 0 Å². The van der Waals surface area contributed by atoms with Crippen molar-refractivity contribution < 1.29 is 5.11 Å². The van der Waals surface area contributed by atoms with Crippen LogP contribution in [0.1, 0.15) is 12.8 Å². The maximum Gasteiger partial charge on any atom is 0.0470 e. The normalized spacial score (nSPS) is 79.3. The van der Waals surface area contributed by atoms with Crippen LogP contribution in [0.25, 0.3) is 0 Å². The van der Waals surface area contributed by atoms with Gasteiger partial charge < -0.3 is 5.11 Å². The van der Waals surface area contributed by atoms with Crippen LogP contribution in [0.2, 0.25) is 0 Å². The summed E-state index contributed by atoms with van der Waals surface area (Å²) in [6.45, 7) is 0.472. The first-order valence-electron chi connectivity index (χ1n) is 2.97. The number of aliphatic hydroxyl groups excluding tert-OH is 1. The molecule has 3 aliphatic rings. The van der Waals surface area contributed by atoms with Gasteiger partial charge in [-0.3, -0.25) is 0 Å². The van der Waals surface area contributed by atoms with Crippen LogP contribution in [0.3, 0.4) is 0 Å². The predicted molar refractivity (Wildman–Crippen MR) is 24.7 cm³/mol. The molecule has 0 bridgehead atoms. The molecule has 1 nitrogen and oxygen atoms in total. The first kappa shape index (κ1) is 3.08. The van der Waals surface area contributed by atoms with E-state index in [2.05, 4.69) is 0 Å². The molecule has 3 aliphatic carbocycles. The van der Waals surface area contributed by atoms with Gasteiger partial charge in [-0.2, -0.15) is 0 Å². The lowest BCUT2D eigenvalue weighted by atomic mass is 9.89. The molecule has 0 saturated heterocycles. The third kappa shape index (κ3) is 0.111. The van der Waals surface area contributed by atoms with Crippen molar-refractivity contribution in [2.75, 3.05) is 6.61 Å². The number of rotatable bonds is 1. The summed E-state index contributed by atoms with van der Waals surface area (Å²) in [7, 11) is 0. The molecule has 0 unspecified atom stereocenters. The minimum Gasteiger partial charge on any atom is -0.396 e. The molecule has 1 N–H and O–H groups in total. The van der Waals surface area contributed by atoms with Gasteiger partial charge in [0.1, 0.15) is 0 Å². The van der Waals surface area contributed by atoms with Crippen molar-refractivity contribution >= 4 is 0 Å². The zero-order valence-electron chi connectivity index (χ0n) is 4.15. The molecular formula is C6H8O. The van der Waals surface area contributed by atoms with Crippen molar-refractivity contribution in [2.45, 2.75) is 12.8 Å². The third-order valence-corrected chi connectivity index (χ3v) is 3.44. The topological polar surface area (TPSA) is 20.2 Å². The Bertz CT molecular complexity index is 130. The average Bonchev–Trinajstić information content (AvgIpc) is 2.08. The van der Waals surface area contributed by atoms with E-state index < -0.39 is 0 Å². The van der Waals surface area contributed by atoms with Crippen molar-refractivity contribution in [2.24, 2.45) is 16.7 Å². The van der Waals surface area contributed by atoms with Gasteiger partial charge in [0.15, 0.2) is 0 Å². The lowest BCUT2D eigenvalue weighted by molar-refractivity contribution is 0.175. The van der Waals surface area contributed by atoms with E-state index in [-0.39, 0.29) is 0 Å². The quantitative estimate of drug-likeness (QED) is 0.500. The van der Waals surface area contributed by atoms with Gasteiger partial charge in [-0.25, -0.2) is 0 Å². The van der Waals surface area contributed by atoms with Crippen LogP contribution in [0.5, 0.6) is 0 Å². The highest BCUT2D eigenvalue weighted by atomic mass is 16.3. The molecule has 7 heavy (non-hydrogen) atoms. The maximum absolute atomic E-state index is 8.60. The number of hydrogen-bond donors (Lipinski definition) is 1. The van der Waals surface area contributed by atoms with E-state index in [0.29, 0.717) is 6.61 Å². The van der Waals surface area contributed by atoms with E-state index in [9.17, 15) is 0 Å². The van der Waals surface area contributed by atoms with E-state index in [1.807, 2.05) is 0 Å². The Hall–Kier alpha value is -0.0400. The Labute approximate surface area is 42.3 Å². The first-order chi connectivity index (χ1) is 3.36. The monoisotopic (exact) mass is 96.1 g/mol. The molecule has 3 rings (SSSR count). The van der Waals surface area contributed by atoms with Crippen molar-refractivity contribution in [3.63, 3.8) is 0 Å². The summed E-state index contributed by atoms with van der Waals surface area (Å²) < 4.78 is 0. The molecule has 0 atom stereocenters. The van der Waals surface area contributed by atoms with Gasteiger partial charge >= 0.3 is 0 Å². The number of aliphatic hydroxyl groups is 1. The third-order valence-electron chi connectivity index (χ3n) is 3.44. The second kappa shape index (κ2) is 0.455. The zero-order valence-corrected chi connectivity index (χ0v) is 4.15. The van der Waals surface area contributed by atoms with Crippen molar-refractivity contribution in [3.05, 3.63) is 0 Å². The molecule has 0 aromatic rings. The van der Waals surface area contributed by atoms with Gasteiger partial charge in [0.05, 0.1) is 0 Å². The Morgan fingerprint density at radius 1 is 1.43 bits per heavy atom. The largest absolute Gasteiger partial charge is 0.396 e. The van der Waals surface area contributed by atoms with Crippen LogP contribution in [0, 0.1) is 16.7 Å². The van der Waals surface area contributed by atoms with Crippen molar-refractivity contribution in [3.8, 4) is 0 Å². The average molecular weight is 96.1 g/mol. The summed E-state index contributed by atoms with van der Waals surface area (Å²) in [6, 6.07) is 0. The highest BCUT2D eigenvalue weighted by molar-refractivity contribution is 5.51. The van der Waals surface area contributed by atoms with Gasteiger partial charge in [0.2, 0.25) is 0 Å². The van der Waals surface area contributed by atoms with E-state index in [1.165, 1.54) is 12.8 Å². The van der Waals surface area contributed by atoms with Crippen LogP contribution in [-0.2, 0) is 0 Å². The first-order valence-corrected chi connectivity index (χ1v) is 2.97. The molecule has 0 radical (unpaired) electrons. The van der Waals surface area contributed by atoms with Gasteiger partial charge in [-0.15, -0.1) is 0 Å². The van der Waals surface area contributed by atoms with Crippen LogP contribution >= 0.6 is 0 Å². The van der Waals surface area contributed by atoms with Gasteiger partial charge in [-0.05, 0) is 29.6 Å². The fraction of sp³-hybridized carbons (Fsp3) is 1.00. The predicted octanol–water partition coefficient (Wildman–Crippen LogP) is 0.389. The summed E-state index contributed by atoms with van der Waals surface area (Å²) >= 11 is 0. The van der Waals surface area contributed by atoms with Crippen LogP contribution in [0.4, 0.5) is 0 Å². The Morgan fingerprint density at radius 2 is 2.00 bits per heavy atom. The Kier molecular flexibility index (Phi) is 0.200. The maximum atomic E-state index is 8.60. The van der Waals surface area contributed by atoms with E-state index in [0.717, 1.165) is 16.7 Å². The zero-order chi connectivity index (χ0) is 4.70. The van der Waals surface area contributed by atoms with Crippen molar-refractivity contribution in [1.82, 2.24) is 0 Å². The standard InChI is InChI=1S/C6H8O/c7-1-4-5-2-6(4,5)3-5/h4,7H,1-3H2. The fourth-order valence-corrected chi connectivity index (χ4v) is 2.41. The van der Waals surface area contributed by atoms with Gasteiger partial charge in [0, 0.05) is 6.61 Å². The molecule has 0 aliphatic heterocycles. The highest BCUT2D eigenvalue weighted by Crippen LogP contribution is 3.09. The summed E-state index contributed by atoms with van der Waals surface area (Å²) in [5.74, 6) is 0.778. The lowest BCUT2D eigenvalue weighted by Crippen LogP contribution is -2.14. The minimum atomic E-state index is 0.472. The molecule has 3 fully saturated rings. The molecule has 0 aromatic carbocycles. The molecule has 0 spiro atoms. The van der Waals surface area contributed by atoms with Crippen LogP contribution in [-0.4, -0.2) is 11.7 Å². The summed E-state index contributed by atoms with van der Waals surface area (Å²) in [4.78, 5) is 0.